The van der Waals surface area contributed by atoms with E-state index in [1.54, 1.807) is 6.92 Å². The van der Waals surface area contributed by atoms with Crippen molar-refractivity contribution < 1.29 is 4.79 Å². The van der Waals surface area contributed by atoms with Gasteiger partial charge in [-0.1, -0.05) is 30.3 Å². The third-order valence-electron chi connectivity index (χ3n) is 3.17. The zero-order chi connectivity index (χ0) is 16.7. The summed E-state index contributed by atoms with van der Waals surface area (Å²) in [5, 5.41) is 9.09. The number of rotatable bonds is 6. The lowest BCUT2D eigenvalue weighted by atomic mass is 10.1. The summed E-state index contributed by atoms with van der Waals surface area (Å²) in [5.74, 6) is -0.249. The number of hydrogen-bond acceptors (Lipinski definition) is 3. The molecule has 0 bridgehead atoms. The van der Waals surface area contributed by atoms with Crippen LogP contribution >= 0.6 is 15.9 Å². The van der Waals surface area contributed by atoms with E-state index >= 15 is 0 Å². The molecular weight excluding hydrogens is 360 g/mol. The SMILES string of the molecule is Cc1[nH][nH]c(=O)c1CCC(=O)N/N=C\C(Br)=Cc1ccccc1. The van der Waals surface area contributed by atoms with E-state index in [2.05, 4.69) is 36.7 Å². The van der Waals surface area contributed by atoms with Crippen molar-refractivity contribution in [3.8, 4) is 0 Å². The molecule has 0 unspecified atom stereocenters. The lowest BCUT2D eigenvalue weighted by Crippen LogP contribution is -2.19. The number of amides is 1. The second kappa shape index (κ2) is 8.28. The number of allylic oxidation sites excluding steroid dienone is 1. The number of carbonyl (C=O) groups is 1. The molecule has 6 nitrogen and oxygen atoms in total. The quantitative estimate of drug-likeness (QED) is 0.533. The Morgan fingerprint density at radius 2 is 2.04 bits per heavy atom. The Morgan fingerprint density at radius 1 is 1.30 bits per heavy atom. The second-order valence-electron chi connectivity index (χ2n) is 4.92. The first-order valence-corrected chi connectivity index (χ1v) is 7.86. The fraction of sp³-hybridized carbons (Fsp3) is 0.188. The highest BCUT2D eigenvalue weighted by Crippen LogP contribution is 2.09. The number of aryl methyl sites for hydroxylation is 1. The molecule has 0 aliphatic heterocycles. The minimum absolute atomic E-state index is 0.188. The predicted molar refractivity (Wildman–Crippen MR) is 94.5 cm³/mol. The van der Waals surface area contributed by atoms with Crippen molar-refractivity contribution in [1.29, 1.82) is 0 Å². The third kappa shape index (κ3) is 5.37. The number of H-pyrrole nitrogens is 2. The lowest BCUT2D eigenvalue weighted by Gasteiger charge is -1.99. The smallest absolute Gasteiger partial charge is 0.267 e. The molecule has 3 N–H and O–H groups in total. The molecule has 2 rings (SSSR count). The number of hydrogen-bond donors (Lipinski definition) is 3. The molecule has 0 saturated carbocycles. The first-order chi connectivity index (χ1) is 11.1. The maximum atomic E-state index is 11.7. The van der Waals surface area contributed by atoms with Gasteiger partial charge in [0, 0.05) is 22.2 Å². The molecule has 23 heavy (non-hydrogen) atoms. The van der Waals surface area contributed by atoms with Crippen LogP contribution in [0.2, 0.25) is 0 Å². The fourth-order valence-corrected chi connectivity index (χ4v) is 2.35. The molecule has 1 heterocycles. The van der Waals surface area contributed by atoms with Crippen molar-refractivity contribution >= 4 is 34.1 Å². The van der Waals surface area contributed by atoms with Crippen LogP contribution < -0.4 is 11.0 Å². The minimum atomic E-state index is -0.249. The Bertz CT molecular complexity index is 775. The molecule has 0 aliphatic carbocycles. The highest BCUT2D eigenvalue weighted by molar-refractivity contribution is 9.12. The van der Waals surface area contributed by atoms with Crippen molar-refractivity contribution in [2.45, 2.75) is 19.8 Å². The Kier molecular flexibility index (Phi) is 6.10. The van der Waals surface area contributed by atoms with E-state index in [1.165, 1.54) is 6.21 Å². The minimum Gasteiger partial charge on any atom is -0.302 e. The van der Waals surface area contributed by atoms with E-state index in [4.69, 9.17) is 0 Å². The van der Waals surface area contributed by atoms with Crippen LogP contribution in [0.15, 0.2) is 44.7 Å². The molecule has 0 radical (unpaired) electrons. The predicted octanol–water partition coefficient (Wildman–Crippen LogP) is 2.48. The highest BCUT2D eigenvalue weighted by atomic mass is 79.9. The molecule has 1 aromatic heterocycles. The lowest BCUT2D eigenvalue weighted by molar-refractivity contribution is -0.121. The standard InChI is InChI=1S/C16H17BrN4O2/c1-11-14(16(23)21-19-11)7-8-15(22)20-18-10-13(17)9-12-5-3-2-4-6-12/h2-6,9-10H,7-8H2,1H3,(H,20,22)(H2,19,21,23)/b13-9?,18-10-. The molecule has 0 spiro atoms. The first kappa shape index (κ1) is 17.0. The Morgan fingerprint density at radius 3 is 2.70 bits per heavy atom. The van der Waals surface area contributed by atoms with Crippen LogP contribution in [0.4, 0.5) is 0 Å². The Balaban J connectivity index is 1.82. The van der Waals surface area contributed by atoms with Crippen molar-refractivity contribution in [3.05, 3.63) is 62.0 Å². The molecule has 1 amide bonds. The molecule has 1 aromatic carbocycles. The number of nitrogens with one attached hydrogen (secondary N) is 3. The van der Waals surface area contributed by atoms with E-state index in [1.807, 2.05) is 36.4 Å². The van der Waals surface area contributed by atoms with E-state index < -0.39 is 0 Å². The van der Waals surface area contributed by atoms with E-state index in [9.17, 15) is 9.59 Å². The normalized spacial score (nSPS) is 11.8. The molecule has 7 heteroatoms. The van der Waals surface area contributed by atoms with E-state index in [-0.39, 0.29) is 17.9 Å². The number of carbonyl (C=O) groups excluding carboxylic acids is 1. The number of hydrazone groups is 1. The number of halogens is 1. The maximum Gasteiger partial charge on any atom is 0.267 e. The van der Waals surface area contributed by atoms with Crippen LogP contribution in [0.3, 0.4) is 0 Å². The van der Waals surface area contributed by atoms with Crippen LogP contribution in [-0.4, -0.2) is 22.3 Å². The van der Waals surface area contributed by atoms with Crippen LogP contribution in [0.5, 0.6) is 0 Å². The first-order valence-electron chi connectivity index (χ1n) is 7.06. The van der Waals surface area contributed by atoms with Gasteiger partial charge in [-0.3, -0.25) is 14.7 Å². The van der Waals surface area contributed by atoms with Gasteiger partial charge in [0.1, 0.15) is 0 Å². The molecule has 0 atom stereocenters. The fourth-order valence-electron chi connectivity index (χ4n) is 1.98. The number of benzene rings is 1. The van der Waals surface area contributed by atoms with Gasteiger partial charge in [0.25, 0.3) is 5.56 Å². The number of aromatic amines is 2. The summed E-state index contributed by atoms with van der Waals surface area (Å²) in [6.45, 7) is 1.79. The zero-order valence-electron chi connectivity index (χ0n) is 12.6. The van der Waals surface area contributed by atoms with Gasteiger partial charge in [-0.15, -0.1) is 0 Å². The van der Waals surface area contributed by atoms with Gasteiger partial charge in [0.05, 0.1) is 6.21 Å². The molecule has 0 saturated heterocycles. The van der Waals surface area contributed by atoms with Crippen molar-refractivity contribution in [2.24, 2.45) is 5.10 Å². The third-order valence-corrected chi connectivity index (χ3v) is 3.61. The van der Waals surface area contributed by atoms with E-state index in [0.717, 1.165) is 15.7 Å². The Labute approximate surface area is 141 Å². The summed E-state index contributed by atoms with van der Waals surface area (Å²) in [5.41, 5.74) is 4.62. The molecule has 0 fully saturated rings. The van der Waals surface area contributed by atoms with Crippen LogP contribution in [-0.2, 0) is 11.2 Å². The average Bonchev–Trinajstić information content (AvgIpc) is 2.85. The van der Waals surface area contributed by atoms with Gasteiger partial charge in [-0.25, -0.2) is 5.43 Å². The molecule has 2 aromatic rings. The van der Waals surface area contributed by atoms with Gasteiger partial charge in [0.15, 0.2) is 0 Å². The summed E-state index contributed by atoms with van der Waals surface area (Å²) in [7, 11) is 0. The molecule has 120 valence electrons. The van der Waals surface area contributed by atoms with Crippen LogP contribution in [0.1, 0.15) is 23.2 Å². The zero-order valence-corrected chi connectivity index (χ0v) is 14.2. The summed E-state index contributed by atoms with van der Waals surface area (Å²) in [4.78, 5) is 23.2. The summed E-state index contributed by atoms with van der Waals surface area (Å²) in [6, 6.07) is 9.75. The van der Waals surface area contributed by atoms with Crippen LogP contribution in [0, 0.1) is 6.92 Å². The van der Waals surface area contributed by atoms with Gasteiger partial charge in [-0.05, 0) is 40.9 Å². The molecule has 0 aliphatic rings. The van der Waals surface area contributed by atoms with Crippen molar-refractivity contribution in [3.63, 3.8) is 0 Å². The summed E-state index contributed by atoms with van der Waals surface area (Å²) >= 11 is 3.37. The van der Waals surface area contributed by atoms with Gasteiger partial charge in [0.2, 0.25) is 5.91 Å². The largest absolute Gasteiger partial charge is 0.302 e. The monoisotopic (exact) mass is 376 g/mol. The average molecular weight is 377 g/mol. The van der Waals surface area contributed by atoms with Crippen LogP contribution in [0.25, 0.3) is 6.08 Å². The van der Waals surface area contributed by atoms with Crippen molar-refractivity contribution in [1.82, 2.24) is 15.6 Å². The van der Waals surface area contributed by atoms with Crippen molar-refractivity contribution in [2.75, 3.05) is 0 Å². The number of nitrogens with zero attached hydrogens (tertiary/aromatic N) is 1. The second-order valence-corrected chi connectivity index (χ2v) is 5.83. The summed E-state index contributed by atoms with van der Waals surface area (Å²) in [6.07, 6.45) is 3.96. The van der Waals surface area contributed by atoms with Gasteiger partial charge >= 0.3 is 0 Å². The molecular formula is C16H17BrN4O2. The number of aromatic nitrogens is 2. The summed E-state index contributed by atoms with van der Waals surface area (Å²) < 4.78 is 0.738. The van der Waals surface area contributed by atoms with Gasteiger partial charge < -0.3 is 5.10 Å². The van der Waals surface area contributed by atoms with Gasteiger partial charge in [-0.2, -0.15) is 5.10 Å². The topological polar surface area (TPSA) is 90.1 Å². The highest BCUT2D eigenvalue weighted by Gasteiger charge is 2.08. The van der Waals surface area contributed by atoms with E-state index in [0.29, 0.717) is 12.0 Å². The maximum absolute atomic E-state index is 11.7. The Hall–Kier alpha value is -2.41.